The second-order valence-corrected chi connectivity index (χ2v) is 4.54. The van der Waals surface area contributed by atoms with Crippen LogP contribution >= 0.6 is 12.2 Å². The molecule has 1 aromatic carbocycles. The predicted molar refractivity (Wildman–Crippen MR) is 80.8 cm³/mol. The number of rotatable bonds is 5. The highest BCUT2D eigenvalue weighted by atomic mass is 32.1. The highest BCUT2D eigenvalue weighted by Gasteiger charge is 2.09. The number of hydrogen-bond acceptors (Lipinski definition) is 4. The molecule has 108 valence electrons. The summed E-state index contributed by atoms with van der Waals surface area (Å²) in [4.78, 5) is 23.1. The van der Waals surface area contributed by atoms with Crippen molar-refractivity contribution < 1.29 is 14.3 Å². The Morgan fingerprint density at radius 3 is 2.35 bits per heavy atom. The van der Waals surface area contributed by atoms with E-state index >= 15 is 0 Å². The largest absolute Gasteiger partial charge is 0.465 e. The van der Waals surface area contributed by atoms with Gasteiger partial charge in [0.15, 0.2) is 5.11 Å². The van der Waals surface area contributed by atoms with Gasteiger partial charge in [-0.15, -0.1) is 0 Å². The minimum Gasteiger partial charge on any atom is -0.465 e. The number of methoxy groups -OCH3 is 1. The van der Waals surface area contributed by atoms with E-state index in [1.807, 2.05) is 0 Å². The van der Waals surface area contributed by atoms with Gasteiger partial charge in [-0.2, -0.15) is 0 Å². The Bertz CT molecular complexity index is 486. The molecule has 0 bridgehead atoms. The van der Waals surface area contributed by atoms with Gasteiger partial charge in [0, 0.05) is 12.1 Å². The van der Waals surface area contributed by atoms with Gasteiger partial charge in [0.2, 0.25) is 0 Å². The van der Waals surface area contributed by atoms with E-state index in [0.717, 1.165) is 19.4 Å². The summed E-state index contributed by atoms with van der Waals surface area (Å²) >= 11 is 5.01. The van der Waals surface area contributed by atoms with Crippen molar-refractivity contribution in [3.05, 3.63) is 35.4 Å². The Morgan fingerprint density at radius 1 is 1.20 bits per heavy atom. The summed E-state index contributed by atoms with van der Waals surface area (Å²) in [5.41, 5.74) is 0.824. The smallest absolute Gasteiger partial charge is 0.337 e. The molecule has 0 saturated heterocycles. The number of carbonyl (C=O) groups excluding carboxylic acids is 2. The summed E-state index contributed by atoms with van der Waals surface area (Å²) < 4.78 is 4.59. The van der Waals surface area contributed by atoms with E-state index < -0.39 is 5.97 Å². The van der Waals surface area contributed by atoms with Crippen molar-refractivity contribution in [2.75, 3.05) is 13.7 Å². The standard InChI is InChI=1S/C14H18N2O3S/c1-3-4-9-15-14(20)16-12(17)10-5-7-11(8-6-10)13(18)19-2/h5-8H,3-4,9H2,1-2H3,(H2,15,16,17,20). The van der Waals surface area contributed by atoms with Crippen molar-refractivity contribution >= 4 is 29.2 Å². The Hall–Kier alpha value is -1.95. The molecule has 2 N–H and O–H groups in total. The van der Waals surface area contributed by atoms with E-state index in [1.54, 1.807) is 12.1 Å². The van der Waals surface area contributed by atoms with Crippen LogP contribution in [0.3, 0.4) is 0 Å². The van der Waals surface area contributed by atoms with E-state index in [4.69, 9.17) is 12.2 Å². The Balaban J connectivity index is 2.55. The predicted octanol–water partition coefficient (Wildman–Crippen LogP) is 1.88. The summed E-state index contributed by atoms with van der Waals surface area (Å²) in [6.45, 7) is 2.81. The van der Waals surface area contributed by atoms with Crippen LogP contribution < -0.4 is 10.6 Å². The molecule has 0 aliphatic heterocycles. The minimum absolute atomic E-state index is 0.306. The minimum atomic E-state index is -0.436. The van der Waals surface area contributed by atoms with Crippen LogP contribution in [0.15, 0.2) is 24.3 Å². The van der Waals surface area contributed by atoms with E-state index in [0.29, 0.717) is 16.2 Å². The van der Waals surface area contributed by atoms with Crippen LogP contribution in [-0.4, -0.2) is 30.6 Å². The van der Waals surface area contributed by atoms with Gasteiger partial charge in [0.1, 0.15) is 0 Å². The molecule has 5 nitrogen and oxygen atoms in total. The number of benzene rings is 1. The highest BCUT2D eigenvalue weighted by molar-refractivity contribution is 7.80. The first-order valence-electron chi connectivity index (χ1n) is 6.36. The fourth-order valence-corrected chi connectivity index (χ4v) is 1.67. The second-order valence-electron chi connectivity index (χ2n) is 4.13. The molecule has 20 heavy (non-hydrogen) atoms. The van der Waals surface area contributed by atoms with Crippen molar-refractivity contribution in [3.8, 4) is 0 Å². The van der Waals surface area contributed by atoms with Crippen molar-refractivity contribution in [1.29, 1.82) is 0 Å². The van der Waals surface area contributed by atoms with Crippen LogP contribution in [0.4, 0.5) is 0 Å². The molecule has 0 aromatic heterocycles. The molecule has 0 radical (unpaired) electrons. The van der Waals surface area contributed by atoms with E-state index in [9.17, 15) is 9.59 Å². The molecule has 6 heteroatoms. The monoisotopic (exact) mass is 294 g/mol. The number of unbranched alkanes of at least 4 members (excludes halogenated alkanes) is 1. The highest BCUT2D eigenvalue weighted by Crippen LogP contribution is 2.05. The molecule has 0 atom stereocenters. The lowest BCUT2D eigenvalue weighted by Gasteiger charge is -2.09. The SMILES string of the molecule is CCCCNC(=S)NC(=O)c1ccc(C(=O)OC)cc1. The normalized spacial score (nSPS) is 9.70. The van der Waals surface area contributed by atoms with Gasteiger partial charge >= 0.3 is 5.97 Å². The molecular weight excluding hydrogens is 276 g/mol. The number of thiocarbonyl (C=S) groups is 1. The van der Waals surface area contributed by atoms with Crippen LogP contribution in [0.25, 0.3) is 0 Å². The maximum Gasteiger partial charge on any atom is 0.337 e. The van der Waals surface area contributed by atoms with E-state index in [1.165, 1.54) is 19.2 Å². The van der Waals surface area contributed by atoms with Crippen LogP contribution in [0.2, 0.25) is 0 Å². The average Bonchev–Trinajstić information content (AvgIpc) is 2.46. The van der Waals surface area contributed by atoms with Gasteiger partial charge < -0.3 is 10.1 Å². The summed E-state index contributed by atoms with van der Waals surface area (Å²) in [5.74, 6) is -0.746. The third-order valence-electron chi connectivity index (χ3n) is 2.61. The molecule has 0 saturated carbocycles. The van der Waals surface area contributed by atoms with Gasteiger partial charge in [0.25, 0.3) is 5.91 Å². The summed E-state index contributed by atoms with van der Waals surface area (Å²) in [5, 5.41) is 5.84. The first-order valence-corrected chi connectivity index (χ1v) is 6.77. The molecule has 1 aromatic rings. The lowest BCUT2D eigenvalue weighted by molar-refractivity contribution is 0.0600. The van der Waals surface area contributed by atoms with Gasteiger partial charge in [-0.1, -0.05) is 13.3 Å². The first kappa shape index (κ1) is 16.1. The number of carbonyl (C=O) groups is 2. The van der Waals surface area contributed by atoms with Gasteiger partial charge in [-0.05, 0) is 42.9 Å². The number of nitrogens with one attached hydrogen (secondary N) is 2. The summed E-state index contributed by atoms with van der Waals surface area (Å²) in [6, 6.07) is 6.18. The zero-order valence-corrected chi connectivity index (χ0v) is 12.4. The fourth-order valence-electron chi connectivity index (χ4n) is 1.47. The van der Waals surface area contributed by atoms with Crippen LogP contribution in [-0.2, 0) is 4.74 Å². The van der Waals surface area contributed by atoms with Crippen molar-refractivity contribution in [1.82, 2.24) is 10.6 Å². The maximum absolute atomic E-state index is 11.9. The molecule has 1 rings (SSSR count). The van der Waals surface area contributed by atoms with Crippen LogP contribution in [0.5, 0.6) is 0 Å². The van der Waals surface area contributed by atoms with Crippen molar-refractivity contribution in [2.24, 2.45) is 0 Å². The summed E-state index contributed by atoms with van der Waals surface area (Å²) in [6.07, 6.45) is 2.04. The zero-order chi connectivity index (χ0) is 15.0. The zero-order valence-electron chi connectivity index (χ0n) is 11.6. The molecular formula is C14H18N2O3S. The topological polar surface area (TPSA) is 67.4 Å². The third kappa shape index (κ3) is 4.97. The third-order valence-corrected chi connectivity index (χ3v) is 2.86. The molecule has 0 unspecified atom stereocenters. The summed E-state index contributed by atoms with van der Waals surface area (Å²) in [7, 11) is 1.31. The van der Waals surface area contributed by atoms with E-state index in [2.05, 4.69) is 22.3 Å². The Kier molecular flexibility index (Phi) is 6.66. The van der Waals surface area contributed by atoms with Gasteiger partial charge in [-0.25, -0.2) is 4.79 Å². The quantitative estimate of drug-likeness (QED) is 0.493. The molecule has 0 aliphatic carbocycles. The van der Waals surface area contributed by atoms with Crippen molar-refractivity contribution in [3.63, 3.8) is 0 Å². The van der Waals surface area contributed by atoms with Crippen LogP contribution in [0.1, 0.15) is 40.5 Å². The molecule has 0 fully saturated rings. The molecule has 1 amide bonds. The Morgan fingerprint density at radius 2 is 1.80 bits per heavy atom. The van der Waals surface area contributed by atoms with Crippen LogP contribution in [0, 0.1) is 0 Å². The van der Waals surface area contributed by atoms with Crippen molar-refractivity contribution in [2.45, 2.75) is 19.8 Å². The molecule has 0 spiro atoms. The second kappa shape index (κ2) is 8.27. The van der Waals surface area contributed by atoms with E-state index in [-0.39, 0.29) is 5.91 Å². The van der Waals surface area contributed by atoms with Gasteiger partial charge in [-0.3, -0.25) is 10.1 Å². The number of amides is 1. The lowest BCUT2D eigenvalue weighted by Crippen LogP contribution is -2.39. The molecule has 0 heterocycles. The molecule has 0 aliphatic rings. The first-order chi connectivity index (χ1) is 9.58. The number of esters is 1. The Labute approximate surface area is 123 Å². The van der Waals surface area contributed by atoms with Gasteiger partial charge in [0.05, 0.1) is 12.7 Å². The lowest BCUT2D eigenvalue weighted by atomic mass is 10.1. The average molecular weight is 294 g/mol. The maximum atomic E-state index is 11.9. The fraction of sp³-hybridized carbons (Fsp3) is 0.357. The number of ether oxygens (including phenoxy) is 1. The number of hydrogen-bond donors (Lipinski definition) is 2.